The van der Waals surface area contributed by atoms with Gasteiger partial charge in [-0.25, -0.2) is 14.6 Å². The number of carbonyl (C=O) groups is 3. The van der Waals surface area contributed by atoms with Gasteiger partial charge < -0.3 is 10.1 Å². The quantitative estimate of drug-likeness (QED) is 0.778. The molecule has 0 spiro atoms. The molecule has 28 heavy (non-hydrogen) atoms. The van der Waals surface area contributed by atoms with Crippen LogP contribution in [0.1, 0.15) is 28.4 Å². The molecule has 0 aliphatic carbocycles. The van der Waals surface area contributed by atoms with Crippen molar-refractivity contribution in [2.75, 3.05) is 13.1 Å². The molecule has 8 heteroatoms. The second-order valence-electron chi connectivity index (χ2n) is 6.47. The van der Waals surface area contributed by atoms with E-state index in [1.54, 1.807) is 18.3 Å². The summed E-state index contributed by atoms with van der Waals surface area (Å²) in [6.07, 6.45) is 0.527. The number of ether oxygens (including phenoxy) is 1. The molecule has 3 amide bonds. The topological polar surface area (TPSA) is 88.6 Å². The molecule has 2 heterocycles. The predicted molar refractivity (Wildman–Crippen MR) is 104 cm³/mol. The molecule has 1 N–H and O–H groups in total. The third-order valence-electron chi connectivity index (χ3n) is 4.44. The summed E-state index contributed by atoms with van der Waals surface area (Å²) in [5.74, 6) is -1.20. The van der Waals surface area contributed by atoms with Crippen LogP contribution < -0.4 is 5.32 Å². The van der Waals surface area contributed by atoms with Gasteiger partial charge in [-0.1, -0.05) is 17.8 Å². The van der Waals surface area contributed by atoms with Crippen molar-refractivity contribution >= 4 is 29.7 Å². The highest BCUT2D eigenvalue weighted by atomic mass is 32.2. The first-order valence-corrected chi connectivity index (χ1v) is 9.69. The van der Waals surface area contributed by atoms with Gasteiger partial charge in [-0.3, -0.25) is 9.69 Å². The number of hydrogen-bond donors (Lipinski definition) is 1. The van der Waals surface area contributed by atoms with Crippen LogP contribution in [0.3, 0.4) is 0 Å². The summed E-state index contributed by atoms with van der Waals surface area (Å²) in [5, 5.41) is 3.04. The fourth-order valence-electron chi connectivity index (χ4n) is 2.69. The van der Waals surface area contributed by atoms with E-state index in [2.05, 4.69) is 10.3 Å². The molecule has 1 saturated heterocycles. The van der Waals surface area contributed by atoms with Crippen LogP contribution >= 0.6 is 11.8 Å². The molecule has 1 atom stereocenters. The minimum atomic E-state index is -1.07. The highest BCUT2D eigenvalue weighted by Gasteiger charge is 2.32. The van der Waals surface area contributed by atoms with Crippen molar-refractivity contribution in [1.82, 2.24) is 15.2 Å². The number of nitrogens with one attached hydrogen (secondary N) is 1. The molecule has 1 aliphatic rings. The van der Waals surface area contributed by atoms with Crippen molar-refractivity contribution in [3.05, 3.63) is 53.2 Å². The zero-order chi connectivity index (χ0) is 20.3. The number of carbonyl (C=O) groups excluding carboxylic acids is 3. The fraction of sp³-hybridized carbons (Fsp3) is 0.300. The standard InChI is InChI=1S/C20H21N3O4S/c1-12-6-7-15(11-13(12)2)28-17-16(5-4-8-21-17)19(25)27-14(3)18(24)23-10-9-22-20(23)26/h4-8,11,14H,9-10H2,1-3H3,(H,22,26)/t14-/m1/s1. The molecule has 3 rings (SSSR count). The molecule has 1 aromatic heterocycles. The second kappa shape index (κ2) is 8.43. The fourth-order valence-corrected chi connectivity index (χ4v) is 3.66. The van der Waals surface area contributed by atoms with E-state index in [9.17, 15) is 14.4 Å². The molecule has 0 bridgehead atoms. The molecule has 1 aromatic carbocycles. The smallest absolute Gasteiger partial charge is 0.341 e. The predicted octanol–water partition coefficient (Wildman–Crippen LogP) is 2.95. The van der Waals surface area contributed by atoms with Crippen molar-refractivity contribution in [3.63, 3.8) is 0 Å². The number of esters is 1. The Labute approximate surface area is 167 Å². The van der Waals surface area contributed by atoms with Crippen LogP contribution in [0, 0.1) is 13.8 Å². The van der Waals surface area contributed by atoms with E-state index >= 15 is 0 Å². The largest absolute Gasteiger partial charge is 0.449 e. The van der Waals surface area contributed by atoms with E-state index in [1.165, 1.54) is 24.2 Å². The molecular weight excluding hydrogens is 378 g/mol. The minimum absolute atomic E-state index is 0.264. The lowest BCUT2D eigenvalue weighted by atomic mass is 10.1. The first-order valence-electron chi connectivity index (χ1n) is 8.87. The van der Waals surface area contributed by atoms with Crippen LogP contribution in [-0.2, 0) is 9.53 Å². The molecule has 0 radical (unpaired) electrons. The summed E-state index contributed by atoms with van der Waals surface area (Å²) in [4.78, 5) is 42.9. The van der Waals surface area contributed by atoms with Crippen LogP contribution in [0.2, 0.25) is 0 Å². The Hall–Kier alpha value is -2.87. The zero-order valence-electron chi connectivity index (χ0n) is 15.9. The number of hydrogen-bond acceptors (Lipinski definition) is 6. The molecule has 0 unspecified atom stereocenters. The van der Waals surface area contributed by atoms with Crippen molar-refractivity contribution < 1.29 is 19.1 Å². The second-order valence-corrected chi connectivity index (χ2v) is 7.54. The third-order valence-corrected chi connectivity index (χ3v) is 5.45. The summed E-state index contributed by atoms with van der Waals surface area (Å²) in [6.45, 7) is 6.17. The van der Waals surface area contributed by atoms with E-state index < -0.39 is 24.0 Å². The summed E-state index contributed by atoms with van der Waals surface area (Å²) < 4.78 is 5.32. The van der Waals surface area contributed by atoms with Crippen molar-refractivity contribution in [3.8, 4) is 0 Å². The van der Waals surface area contributed by atoms with Crippen LogP contribution in [-0.4, -0.2) is 47.0 Å². The average Bonchev–Trinajstić information content (AvgIpc) is 3.10. The molecule has 1 aliphatic heterocycles. The molecule has 0 saturated carbocycles. The Bertz CT molecular complexity index is 931. The van der Waals surface area contributed by atoms with Crippen molar-refractivity contribution in [2.45, 2.75) is 36.8 Å². The first-order chi connectivity index (χ1) is 13.4. The number of benzene rings is 1. The number of rotatable bonds is 5. The Balaban J connectivity index is 1.74. The van der Waals surface area contributed by atoms with E-state index in [-0.39, 0.29) is 12.1 Å². The van der Waals surface area contributed by atoms with Crippen molar-refractivity contribution in [2.24, 2.45) is 0 Å². The van der Waals surface area contributed by atoms with E-state index in [0.717, 1.165) is 15.4 Å². The van der Waals surface area contributed by atoms with Crippen molar-refractivity contribution in [1.29, 1.82) is 0 Å². The van der Waals surface area contributed by atoms with Gasteiger partial charge in [-0.05, 0) is 56.2 Å². The first kappa shape index (κ1) is 19.9. The molecule has 2 aromatic rings. The summed E-state index contributed by atoms with van der Waals surface area (Å²) in [7, 11) is 0. The van der Waals surface area contributed by atoms with Gasteiger partial charge in [0.1, 0.15) is 5.03 Å². The Morgan fingerprint density at radius 2 is 2.04 bits per heavy atom. The maximum Gasteiger partial charge on any atom is 0.341 e. The van der Waals surface area contributed by atoms with Crippen LogP contribution in [0.5, 0.6) is 0 Å². The van der Waals surface area contributed by atoms with E-state index in [4.69, 9.17) is 4.74 Å². The Morgan fingerprint density at radius 1 is 1.25 bits per heavy atom. The van der Waals surface area contributed by atoms with Crippen LogP contribution in [0.15, 0.2) is 46.5 Å². The van der Waals surface area contributed by atoms with Gasteiger partial charge in [0.05, 0.1) is 5.56 Å². The molecule has 146 valence electrons. The summed E-state index contributed by atoms with van der Waals surface area (Å²) in [5.41, 5.74) is 2.60. The summed E-state index contributed by atoms with van der Waals surface area (Å²) in [6, 6.07) is 8.79. The SMILES string of the molecule is Cc1ccc(Sc2ncccc2C(=O)O[C@H](C)C(=O)N2CCNC2=O)cc1C. The van der Waals surface area contributed by atoms with E-state index in [1.807, 2.05) is 32.0 Å². The number of amides is 3. The molecule has 1 fully saturated rings. The summed E-state index contributed by atoms with van der Waals surface area (Å²) >= 11 is 1.36. The lowest BCUT2D eigenvalue weighted by Crippen LogP contribution is -2.41. The van der Waals surface area contributed by atoms with E-state index in [0.29, 0.717) is 11.6 Å². The lowest BCUT2D eigenvalue weighted by Gasteiger charge is -2.18. The number of urea groups is 1. The lowest BCUT2D eigenvalue weighted by molar-refractivity contribution is -0.136. The number of aryl methyl sites for hydroxylation is 2. The van der Waals surface area contributed by atoms with Crippen LogP contribution in [0.4, 0.5) is 4.79 Å². The van der Waals surface area contributed by atoms with Gasteiger partial charge in [-0.15, -0.1) is 0 Å². The Kier molecular flexibility index (Phi) is 5.99. The third kappa shape index (κ3) is 4.33. The van der Waals surface area contributed by atoms with Gasteiger partial charge >= 0.3 is 12.0 Å². The number of imide groups is 1. The minimum Gasteiger partial charge on any atom is -0.449 e. The number of pyridine rings is 1. The van der Waals surface area contributed by atoms with Gasteiger partial charge in [0, 0.05) is 24.2 Å². The molecular formula is C20H21N3O4S. The zero-order valence-corrected chi connectivity index (χ0v) is 16.7. The van der Waals surface area contributed by atoms with Gasteiger partial charge in [0.15, 0.2) is 6.10 Å². The average molecular weight is 399 g/mol. The highest BCUT2D eigenvalue weighted by Crippen LogP contribution is 2.30. The maximum atomic E-state index is 12.6. The highest BCUT2D eigenvalue weighted by molar-refractivity contribution is 7.99. The molecule has 7 nitrogen and oxygen atoms in total. The number of aromatic nitrogens is 1. The van der Waals surface area contributed by atoms with Crippen LogP contribution in [0.25, 0.3) is 0 Å². The monoisotopic (exact) mass is 399 g/mol. The van der Waals surface area contributed by atoms with Gasteiger partial charge in [0.2, 0.25) is 0 Å². The Morgan fingerprint density at radius 3 is 2.71 bits per heavy atom. The number of nitrogens with zero attached hydrogens (tertiary/aromatic N) is 2. The van der Waals surface area contributed by atoms with Gasteiger partial charge in [0.25, 0.3) is 5.91 Å². The van der Waals surface area contributed by atoms with Gasteiger partial charge in [-0.2, -0.15) is 0 Å². The maximum absolute atomic E-state index is 12.6. The normalized spacial score (nSPS) is 14.5.